The number of nitro groups is 1. The van der Waals surface area contributed by atoms with Crippen molar-refractivity contribution in [2.24, 2.45) is 0 Å². The fraction of sp³-hybridized carbons (Fsp3) is 0.200. The molecule has 8 nitrogen and oxygen atoms in total. The maximum absolute atomic E-state index is 12.8. The number of benzene rings is 2. The molecule has 0 unspecified atom stereocenters. The van der Waals surface area contributed by atoms with Crippen LogP contribution in [0.15, 0.2) is 59.8 Å². The van der Waals surface area contributed by atoms with Crippen molar-refractivity contribution in [3.8, 4) is 5.75 Å². The average Bonchev–Trinajstić information content (AvgIpc) is 2.68. The van der Waals surface area contributed by atoms with Crippen molar-refractivity contribution in [2.75, 3.05) is 11.5 Å². The molecule has 2 N–H and O–H groups in total. The zero-order valence-corrected chi connectivity index (χ0v) is 16.6. The molecule has 0 saturated carbocycles. The van der Waals surface area contributed by atoms with Crippen molar-refractivity contribution in [3.63, 3.8) is 0 Å². The Morgan fingerprint density at radius 1 is 1.31 bits per heavy atom. The number of aromatic hydroxyl groups is 1. The topological polar surface area (TPSA) is 105 Å². The Kier molecular flexibility index (Phi) is 5.79. The van der Waals surface area contributed by atoms with E-state index in [0.29, 0.717) is 16.4 Å². The average molecular weight is 413 g/mol. The Bertz CT molecular complexity index is 1010. The Morgan fingerprint density at radius 3 is 2.62 bits per heavy atom. The van der Waals surface area contributed by atoms with E-state index in [4.69, 9.17) is 17.0 Å². The third-order valence-electron chi connectivity index (χ3n) is 4.52. The lowest BCUT2D eigenvalue weighted by molar-refractivity contribution is -0.385. The van der Waals surface area contributed by atoms with Gasteiger partial charge in [0.15, 0.2) is 10.9 Å². The van der Waals surface area contributed by atoms with Crippen LogP contribution in [0.2, 0.25) is 0 Å². The van der Waals surface area contributed by atoms with Crippen molar-refractivity contribution in [3.05, 3.63) is 75.5 Å². The van der Waals surface area contributed by atoms with E-state index < -0.39 is 28.4 Å². The van der Waals surface area contributed by atoms with Gasteiger partial charge in [-0.3, -0.25) is 15.0 Å². The van der Waals surface area contributed by atoms with Crippen molar-refractivity contribution < 1.29 is 19.6 Å². The van der Waals surface area contributed by atoms with Crippen LogP contribution in [0.3, 0.4) is 0 Å². The van der Waals surface area contributed by atoms with Crippen molar-refractivity contribution >= 4 is 34.7 Å². The second-order valence-electron chi connectivity index (χ2n) is 6.28. The van der Waals surface area contributed by atoms with E-state index in [2.05, 4.69) is 5.32 Å². The van der Waals surface area contributed by atoms with E-state index in [0.717, 1.165) is 5.69 Å². The van der Waals surface area contributed by atoms with Crippen LogP contribution in [-0.4, -0.2) is 27.7 Å². The molecule has 0 aromatic heterocycles. The monoisotopic (exact) mass is 413 g/mol. The first-order valence-corrected chi connectivity index (χ1v) is 9.26. The van der Waals surface area contributed by atoms with Crippen molar-refractivity contribution in [1.29, 1.82) is 0 Å². The molecule has 0 fully saturated rings. The van der Waals surface area contributed by atoms with Crippen LogP contribution >= 0.6 is 12.2 Å². The van der Waals surface area contributed by atoms with Gasteiger partial charge in [-0.2, -0.15) is 0 Å². The minimum Gasteiger partial charge on any atom is -0.502 e. The summed E-state index contributed by atoms with van der Waals surface area (Å²) in [6.07, 6.45) is 0. The number of ether oxygens (including phenoxy) is 1. The maximum Gasteiger partial charge on any atom is 0.338 e. The van der Waals surface area contributed by atoms with Crippen LogP contribution in [-0.2, 0) is 9.53 Å². The van der Waals surface area contributed by atoms with Crippen LogP contribution in [0.1, 0.15) is 25.5 Å². The van der Waals surface area contributed by atoms with Crippen molar-refractivity contribution in [1.82, 2.24) is 5.32 Å². The number of para-hydroxylation sites is 1. The number of phenols is 1. The molecule has 0 bridgehead atoms. The number of nitrogens with one attached hydrogen (secondary N) is 1. The van der Waals surface area contributed by atoms with Gasteiger partial charge in [0.05, 0.1) is 23.1 Å². The number of anilines is 1. The number of thiocarbonyl (C=S) groups is 1. The van der Waals surface area contributed by atoms with Gasteiger partial charge in [0, 0.05) is 17.5 Å². The van der Waals surface area contributed by atoms with Crippen LogP contribution in [0, 0.1) is 10.1 Å². The summed E-state index contributed by atoms with van der Waals surface area (Å²) in [5.74, 6) is -1.01. The van der Waals surface area contributed by atoms with Crippen LogP contribution in [0.25, 0.3) is 0 Å². The van der Waals surface area contributed by atoms with E-state index >= 15 is 0 Å². The Balaban J connectivity index is 2.16. The molecule has 1 heterocycles. The first kappa shape index (κ1) is 20.3. The van der Waals surface area contributed by atoms with Gasteiger partial charge in [0.1, 0.15) is 0 Å². The van der Waals surface area contributed by atoms with E-state index in [9.17, 15) is 20.0 Å². The number of hydrogen-bond acceptors (Lipinski definition) is 6. The third kappa shape index (κ3) is 3.90. The minimum absolute atomic E-state index is 0.174. The summed E-state index contributed by atoms with van der Waals surface area (Å²) < 4.78 is 5.23. The smallest absolute Gasteiger partial charge is 0.338 e. The lowest BCUT2D eigenvalue weighted by Crippen LogP contribution is -2.48. The largest absolute Gasteiger partial charge is 0.502 e. The van der Waals surface area contributed by atoms with E-state index in [1.54, 1.807) is 18.7 Å². The summed E-state index contributed by atoms with van der Waals surface area (Å²) in [6, 6.07) is 12.5. The lowest BCUT2D eigenvalue weighted by atomic mass is 9.94. The molecular weight excluding hydrogens is 394 g/mol. The van der Waals surface area contributed by atoms with Gasteiger partial charge < -0.3 is 15.2 Å². The zero-order valence-electron chi connectivity index (χ0n) is 15.8. The number of rotatable bonds is 5. The molecule has 2 aromatic rings. The van der Waals surface area contributed by atoms with E-state index in [-0.39, 0.29) is 12.2 Å². The van der Waals surface area contributed by atoms with Gasteiger partial charge in [-0.1, -0.05) is 24.3 Å². The normalized spacial score (nSPS) is 16.4. The highest BCUT2D eigenvalue weighted by Crippen LogP contribution is 2.37. The van der Waals surface area contributed by atoms with Crippen molar-refractivity contribution in [2.45, 2.75) is 19.9 Å². The van der Waals surface area contributed by atoms with Gasteiger partial charge in [-0.05, 0) is 49.8 Å². The zero-order chi connectivity index (χ0) is 21.1. The number of allylic oxidation sites excluding steroid dienone is 1. The second kappa shape index (κ2) is 8.27. The Morgan fingerprint density at radius 2 is 2.00 bits per heavy atom. The molecule has 1 aliphatic heterocycles. The molecule has 2 aromatic carbocycles. The molecular formula is C20H19N3O5S. The number of esters is 1. The second-order valence-corrected chi connectivity index (χ2v) is 6.66. The summed E-state index contributed by atoms with van der Waals surface area (Å²) in [5.41, 5.74) is 1.55. The fourth-order valence-corrected chi connectivity index (χ4v) is 3.58. The number of hydrogen-bond donors (Lipinski definition) is 2. The van der Waals surface area contributed by atoms with Gasteiger partial charge in [0.25, 0.3) is 0 Å². The van der Waals surface area contributed by atoms with Gasteiger partial charge in [0.2, 0.25) is 0 Å². The molecule has 9 heteroatoms. The number of nitrogens with zero attached hydrogens (tertiary/aromatic N) is 2. The summed E-state index contributed by atoms with van der Waals surface area (Å²) >= 11 is 5.52. The molecule has 1 aliphatic rings. The molecule has 150 valence electrons. The highest BCUT2D eigenvalue weighted by atomic mass is 32.1. The molecule has 0 saturated heterocycles. The summed E-state index contributed by atoms with van der Waals surface area (Å²) in [4.78, 5) is 25.0. The van der Waals surface area contributed by atoms with Crippen LogP contribution in [0.5, 0.6) is 5.75 Å². The number of phenolic OH excluding ortho intramolecular Hbond substituents is 1. The maximum atomic E-state index is 12.8. The highest BCUT2D eigenvalue weighted by molar-refractivity contribution is 7.80. The van der Waals surface area contributed by atoms with Crippen LogP contribution in [0.4, 0.5) is 11.4 Å². The SMILES string of the molecule is CCOC(=O)C1=C(C)N(c2ccccc2)C(=S)N[C@H]1c1ccc(O)c([N+](=O)[O-])c1. The summed E-state index contributed by atoms with van der Waals surface area (Å²) in [5, 5.41) is 24.4. The number of carbonyl (C=O) groups is 1. The quantitative estimate of drug-likeness (QED) is 0.332. The molecule has 3 rings (SSSR count). The summed E-state index contributed by atoms with van der Waals surface area (Å²) in [6.45, 7) is 3.62. The molecule has 29 heavy (non-hydrogen) atoms. The van der Waals surface area contributed by atoms with E-state index in [1.807, 2.05) is 30.3 Å². The molecule has 0 amide bonds. The number of carbonyl (C=O) groups excluding carboxylic acids is 1. The highest BCUT2D eigenvalue weighted by Gasteiger charge is 2.36. The number of nitro benzene ring substituents is 1. The van der Waals surface area contributed by atoms with Gasteiger partial charge in [-0.15, -0.1) is 0 Å². The minimum atomic E-state index is -0.763. The van der Waals surface area contributed by atoms with Gasteiger partial charge >= 0.3 is 11.7 Å². The standard InChI is InChI=1S/C20H19N3O5S/c1-3-28-19(25)17-12(2)22(14-7-5-4-6-8-14)20(29)21-18(17)13-9-10-16(24)15(11-13)23(26)27/h4-11,18,24H,3H2,1-2H3,(H,21,29)/t18-/m0/s1. The van der Waals surface area contributed by atoms with Gasteiger partial charge in [-0.25, -0.2) is 4.79 Å². The van der Waals surface area contributed by atoms with E-state index in [1.165, 1.54) is 18.2 Å². The first-order valence-electron chi connectivity index (χ1n) is 8.86. The molecule has 0 aliphatic carbocycles. The summed E-state index contributed by atoms with van der Waals surface area (Å²) in [7, 11) is 0. The molecule has 1 atom stereocenters. The first-order chi connectivity index (χ1) is 13.8. The molecule has 0 spiro atoms. The predicted octanol–water partition coefficient (Wildman–Crippen LogP) is 3.57. The third-order valence-corrected chi connectivity index (χ3v) is 4.82. The lowest BCUT2D eigenvalue weighted by Gasteiger charge is -2.37. The Labute approximate surface area is 172 Å². The van der Waals surface area contributed by atoms with Crippen LogP contribution < -0.4 is 10.2 Å². The predicted molar refractivity (Wildman–Crippen MR) is 111 cm³/mol. The Hall–Kier alpha value is -3.46. The molecule has 0 radical (unpaired) electrons. The fourth-order valence-electron chi connectivity index (χ4n) is 3.22.